The third kappa shape index (κ3) is 5.64. The number of anilines is 1. The summed E-state index contributed by atoms with van der Waals surface area (Å²) in [5, 5.41) is 0. The van der Waals surface area contributed by atoms with E-state index < -0.39 is 0 Å². The first-order valence-corrected chi connectivity index (χ1v) is 10.2. The molecule has 2 aliphatic rings. The van der Waals surface area contributed by atoms with E-state index in [-0.39, 0.29) is 30.7 Å². The molecule has 0 aliphatic carbocycles. The second-order valence-corrected chi connectivity index (χ2v) is 7.76. The summed E-state index contributed by atoms with van der Waals surface area (Å²) in [5.74, 6) is 1.93. The van der Waals surface area contributed by atoms with Crippen LogP contribution in [0.5, 0.6) is 0 Å². The molecule has 1 aromatic heterocycles. The quantitative estimate of drug-likeness (QED) is 0.754. The summed E-state index contributed by atoms with van der Waals surface area (Å²) < 4.78 is 0. The maximum absolute atomic E-state index is 12.9. The minimum absolute atomic E-state index is 0. The second kappa shape index (κ2) is 11.5. The molecule has 2 atom stereocenters. The van der Waals surface area contributed by atoms with Gasteiger partial charge in [0.25, 0.3) is 0 Å². The molecule has 164 valence electrons. The monoisotopic (exact) mass is 451 g/mol. The van der Waals surface area contributed by atoms with Crippen LogP contribution < -0.4 is 10.6 Å². The highest BCUT2D eigenvalue weighted by atomic mass is 35.5. The van der Waals surface area contributed by atoms with Crippen molar-refractivity contribution in [2.75, 3.05) is 57.3 Å². The maximum Gasteiger partial charge on any atom is 0.236 e. The molecule has 2 aliphatic heterocycles. The standard InChI is InChI=1S/C22H29N5O.2ClH/c23-14-19-15-27(16-20(19)18-6-2-1-3-7-18)22(28)17-25-10-12-26(13-11-25)21-8-4-5-9-24-21;;/h1-9,19-20H,10-17,23H2;2*1H/t19-,20+;;/m1../s1. The van der Waals surface area contributed by atoms with Crippen LogP contribution in [0.2, 0.25) is 0 Å². The summed E-state index contributed by atoms with van der Waals surface area (Å²) in [6, 6.07) is 16.5. The Kier molecular flexibility index (Phi) is 9.37. The number of aromatic nitrogens is 1. The molecule has 2 fully saturated rings. The molecule has 4 rings (SSSR count). The molecular weight excluding hydrogens is 421 g/mol. The average Bonchev–Trinajstić information content (AvgIpc) is 3.20. The van der Waals surface area contributed by atoms with Gasteiger partial charge in [-0.05, 0) is 30.2 Å². The summed E-state index contributed by atoms with van der Waals surface area (Å²) in [7, 11) is 0. The van der Waals surface area contributed by atoms with Gasteiger partial charge in [-0.25, -0.2) is 4.98 Å². The van der Waals surface area contributed by atoms with Crippen molar-refractivity contribution in [1.29, 1.82) is 0 Å². The van der Waals surface area contributed by atoms with E-state index >= 15 is 0 Å². The maximum atomic E-state index is 12.9. The van der Waals surface area contributed by atoms with Gasteiger partial charge < -0.3 is 15.5 Å². The fraction of sp³-hybridized carbons (Fsp3) is 0.455. The molecule has 0 bridgehead atoms. The van der Waals surface area contributed by atoms with Crippen LogP contribution in [-0.2, 0) is 4.79 Å². The fourth-order valence-electron chi connectivity index (χ4n) is 4.36. The van der Waals surface area contributed by atoms with E-state index in [9.17, 15) is 4.79 Å². The second-order valence-electron chi connectivity index (χ2n) is 7.76. The number of halogens is 2. The molecule has 30 heavy (non-hydrogen) atoms. The number of amides is 1. The van der Waals surface area contributed by atoms with Crippen molar-refractivity contribution in [1.82, 2.24) is 14.8 Å². The van der Waals surface area contributed by atoms with Crippen molar-refractivity contribution in [2.24, 2.45) is 11.7 Å². The normalized spacial score (nSPS) is 21.6. The van der Waals surface area contributed by atoms with Crippen molar-refractivity contribution < 1.29 is 4.79 Å². The number of carbonyl (C=O) groups is 1. The van der Waals surface area contributed by atoms with Crippen molar-refractivity contribution >= 4 is 36.5 Å². The Bertz CT molecular complexity index is 772. The summed E-state index contributed by atoms with van der Waals surface area (Å²) in [5.41, 5.74) is 7.31. The van der Waals surface area contributed by atoms with Gasteiger partial charge in [0.1, 0.15) is 5.82 Å². The molecule has 0 radical (unpaired) electrons. The van der Waals surface area contributed by atoms with Gasteiger partial charge in [-0.2, -0.15) is 0 Å². The number of nitrogens with two attached hydrogens (primary N) is 1. The Morgan fingerprint density at radius 1 is 0.967 bits per heavy atom. The molecule has 3 heterocycles. The number of benzene rings is 1. The fourth-order valence-corrected chi connectivity index (χ4v) is 4.36. The van der Waals surface area contributed by atoms with Gasteiger partial charge in [-0.1, -0.05) is 36.4 Å². The Morgan fingerprint density at radius 3 is 2.30 bits per heavy atom. The van der Waals surface area contributed by atoms with E-state index in [0.29, 0.717) is 24.9 Å². The van der Waals surface area contributed by atoms with Crippen LogP contribution >= 0.6 is 24.8 Å². The molecule has 0 spiro atoms. The minimum Gasteiger partial charge on any atom is -0.354 e. The molecular formula is C22H31Cl2N5O. The lowest BCUT2D eigenvalue weighted by molar-refractivity contribution is -0.131. The van der Waals surface area contributed by atoms with Crippen LogP contribution in [0.25, 0.3) is 0 Å². The largest absolute Gasteiger partial charge is 0.354 e. The van der Waals surface area contributed by atoms with Gasteiger partial charge in [-0.3, -0.25) is 9.69 Å². The summed E-state index contributed by atoms with van der Waals surface area (Å²) >= 11 is 0. The smallest absolute Gasteiger partial charge is 0.236 e. The Hall–Kier alpha value is -1.86. The van der Waals surface area contributed by atoms with Gasteiger partial charge in [0.15, 0.2) is 0 Å². The number of likely N-dealkylation sites (tertiary alicyclic amines) is 1. The summed E-state index contributed by atoms with van der Waals surface area (Å²) in [6.07, 6.45) is 1.83. The predicted molar refractivity (Wildman–Crippen MR) is 126 cm³/mol. The SMILES string of the molecule is Cl.Cl.NC[C@@H]1CN(C(=O)CN2CCN(c3ccccn3)CC2)C[C@H]1c1ccccc1. The van der Waals surface area contributed by atoms with Crippen LogP contribution in [0.1, 0.15) is 11.5 Å². The first-order chi connectivity index (χ1) is 13.7. The zero-order valence-corrected chi connectivity index (χ0v) is 18.7. The predicted octanol–water partition coefficient (Wildman–Crippen LogP) is 2.25. The number of pyridine rings is 1. The Labute approximate surface area is 191 Å². The number of hydrogen-bond acceptors (Lipinski definition) is 5. The molecule has 2 aromatic rings. The molecule has 1 aromatic carbocycles. The molecule has 0 unspecified atom stereocenters. The summed E-state index contributed by atoms with van der Waals surface area (Å²) in [6.45, 7) is 6.24. The first-order valence-electron chi connectivity index (χ1n) is 10.2. The highest BCUT2D eigenvalue weighted by Gasteiger charge is 2.35. The van der Waals surface area contributed by atoms with Crippen LogP contribution in [0, 0.1) is 5.92 Å². The molecule has 1 amide bonds. The average molecular weight is 452 g/mol. The minimum atomic E-state index is 0. The lowest BCUT2D eigenvalue weighted by Crippen LogP contribution is -2.50. The molecule has 2 N–H and O–H groups in total. The van der Waals surface area contributed by atoms with Gasteiger partial charge in [0.2, 0.25) is 5.91 Å². The highest BCUT2D eigenvalue weighted by molar-refractivity contribution is 5.85. The van der Waals surface area contributed by atoms with E-state index in [1.54, 1.807) is 0 Å². The van der Waals surface area contributed by atoms with Crippen LogP contribution in [0.15, 0.2) is 54.7 Å². The van der Waals surface area contributed by atoms with Crippen molar-refractivity contribution in [2.45, 2.75) is 5.92 Å². The molecule has 2 saturated heterocycles. The third-order valence-electron chi connectivity index (χ3n) is 6.03. The summed E-state index contributed by atoms with van der Waals surface area (Å²) in [4.78, 5) is 23.9. The lowest BCUT2D eigenvalue weighted by atomic mass is 9.89. The number of nitrogens with zero attached hydrogens (tertiary/aromatic N) is 4. The van der Waals surface area contributed by atoms with Crippen LogP contribution in [0.3, 0.4) is 0 Å². The van der Waals surface area contributed by atoms with E-state index in [1.165, 1.54) is 5.56 Å². The van der Waals surface area contributed by atoms with Gasteiger partial charge in [0.05, 0.1) is 6.54 Å². The van der Waals surface area contributed by atoms with E-state index in [2.05, 4.69) is 39.0 Å². The first kappa shape index (κ1) is 24.4. The van der Waals surface area contributed by atoms with Gasteiger partial charge in [0, 0.05) is 51.4 Å². The van der Waals surface area contributed by atoms with E-state index in [0.717, 1.165) is 45.1 Å². The van der Waals surface area contributed by atoms with E-state index in [4.69, 9.17) is 5.73 Å². The Morgan fingerprint density at radius 2 is 1.67 bits per heavy atom. The highest BCUT2D eigenvalue weighted by Crippen LogP contribution is 2.32. The molecule has 8 heteroatoms. The zero-order valence-electron chi connectivity index (χ0n) is 17.1. The number of piperazine rings is 1. The van der Waals surface area contributed by atoms with Gasteiger partial charge >= 0.3 is 0 Å². The van der Waals surface area contributed by atoms with Crippen molar-refractivity contribution in [3.05, 3.63) is 60.3 Å². The van der Waals surface area contributed by atoms with Crippen LogP contribution in [-0.4, -0.2) is 73.0 Å². The van der Waals surface area contributed by atoms with E-state index in [1.807, 2.05) is 35.4 Å². The number of hydrogen-bond donors (Lipinski definition) is 1. The van der Waals surface area contributed by atoms with Crippen molar-refractivity contribution in [3.8, 4) is 0 Å². The lowest BCUT2D eigenvalue weighted by Gasteiger charge is -2.35. The van der Waals surface area contributed by atoms with Gasteiger partial charge in [-0.15, -0.1) is 24.8 Å². The van der Waals surface area contributed by atoms with Crippen molar-refractivity contribution in [3.63, 3.8) is 0 Å². The Balaban J connectivity index is 0.00000160. The zero-order chi connectivity index (χ0) is 19.3. The molecule has 0 saturated carbocycles. The number of rotatable bonds is 5. The topological polar surface area (TPSA) is 65.7 Å². The third-order valence-corrected chi connectivity index (χ3v) is 6.03. The molecule has 6 nitrogen and oxygen atoms in total. The number of carbonyl (C=O) groups excluding carboxylic acids is 1. The van der Waals surface area contributed by atoms with Crippen LogP contribution in [0.4, 0.5) is 5.82 Å².